The Morgan fingerprint density at radius 3 is 2.62 bits per heavy atom. The molecule has 1 atom stereocenters. The van der Waals surface area contributed by atoms with Crippen molar-refractivity contribution in [3.63, 3.8) is 0 Å². The van der Waals surface area contributed by atoms with E-state index in [-0.39, 0.29) is 11.8 Å². The van der Waals surface area contributed by atoms with E-state index in [0.29, 0.717) is 0 Å². The molecule has 0 bridgehead atoms. The Morgan fingerprint density at radius 2 is 1.92 bits per heavy atom. The normalized spacial score (nSPS) is 12.5. The van der Waals surface area contributed by atoms with E-state index in [1.165, 1.54) is 11.1 Å². The van der Waals surface area contributed by atoms with E-state index in [0.717, 1.165) is 17.9 Å². The number of aromatic nitrogens is 2. The second-order valence-corrected chi connectivity index (χ2v) is 6.35. The largest absolute Gasteiger partial charge is 0.508 e. The van der Waals surface area contributed by atoms with Crippen molar-refractivity contribution in [2.45, 2.75) is 19.5 Å². The van der Waals surface area contributed by atoms with Crippen molar-refractivity contribution >= 4 is 0 Å². The average molecular weight is 321 g/mol. The first-order valence-corrected chi connectivity index (χ1v) is 8.08. The average Bonchev–Trinajstić information content (AvgIpc) is 3.00. The highest BCUT2D eigenvalue weighted by molar-refractivity contribution is 5.57. The molecule has 0 fully saturated rings. The molecular formula is C20H23N3O. The minimum atomic E-state index is 0.246. The van der Waals surface area contributed by atoms with Gasteiger partial charge in [-0.05, 0) is 38.7 Å². The standard InChI is InChI=1S/C20H23N3O/c1-15-6-4-7-16(12-15)19(22(2)3)14-23-11-10-21-20(23)17-8-5-9-18(24)13-17/h4-13,19,24H,14H2,1-3H3/t19-/m0/s1. The lowest BCUT2D eigenvalue weighted by molar-refractivity contribution is 0.269. The van der Waals surface area contributed by atoms with Crippen LogP contribution in [0.3, 0.4) is 0 Å². The zero-order chi connectivity index (χ0) is 17.1. The van der Waals surface area contributed by atoms with Gasteiger partial charge in [-0.25, -0.2) is 4.98 Å². The first kappa shape index (κ1) is 16.3. The van der Waals surface area contributed by atoms with E-state index in [9.17, 15) is 5.11 Å². The summed E-state index contributed by atoms with van der Waals surface area (Å²) >= 11 is 0. The maximum Gasteiger partial charge on any atom is 0.140 e. The number of hydrogen-bond donors (Lipinski definition) is 1. The second kappa shape index (κ2) is 6.89. The Labute approximate surface area is 143 Å². The van der Waals surface area contributed by atoms with E-state index in [2.05, 4.69) is 59.7 Å². The maximum atomic E-state index is 9.74. The van der Waals surface area contributed by atoms with Crippen molar-refractivity contribution < 1.29 is 5.11 Å². The van der Waals surface area contributed by atoms with Crippen LogP contribution in [0.4, 0.5) is 0 Å². The lowest BCUT2D eigenvalue weighted by Crippen LogP contribution is -2.24. The van der Waals surface area contributed by atoms with Crippen molar-refractivity contribution in [3.8, 4) is 17.1 Å². The van der Waals surface area contributed by atoms with Crippen LogP contribution in [0.2, 0.25) is 0 Å². The fourth-order valence-corrected chi connectivity index (χ4v) is 2.99. The highest BCUT2D eigenvalue weighted by Gasteiger charge is 2.17. The number of phenols is 1. The first-order valence-electron chi connectivity index (χ1n) is 8.08. The Balaban J connectivity index is 1.93. The molecule has 0 aliphatic rings. The summed E-state index contributed by atoms with van der Waals surface area (Å²) < 4.78 is 2.14. The van der Waals surface area contributed by atoms with Crippen LogP contribution < -0.4 is 0 Å². The third-order valence-corrected chi connectivity index (χ3v) is 4.24. The molecule has 3 aromatic rings. The molecule has 0 saturated heterocycles. The van der Waals surface area contributed by atoms with Gasteiger partial charge in [0.1, 0.15) is 11.6 Å². The fraction of sp³-hybridized carbons (Fsp3) is 0.250. The zero-order valence-corrected chi connectivity index (χ0v) is 14.3. The summed E-state index contributed by atoms with van der Waals surface area (Å²) in [5.74, 6) is 1.12. The molecule has 0 radical (unpaired) electrons. The summed E-state index contributed by atoms with van der Waals surface area (Å²) in [6, 6.07) is 16.1. The Kier molecular flexibility index (Phi) is 4.67. The molecule has 0 aliphatic carbocycles. The van der Waals surface area contributed by atoms with Crippen LogP contribution >= 0.6 is 0 Å². The minimum Gasteiger partial charge on any atom is -0.508 e. The van der Waals surface area contributed by atoms with Gasteiger partial charge in [0.25, 0.3) is 0 Å². The Morgan fingerprint density at radius 1 is 1.12 bits per heavy atom. The van der Waals surface area contributed by atoms with Crippen LogP contribution in [0.15, 0.2) is 60.9 Å². The van der Waals surface area contributed by atoms with Gasteiger partial charge in [-0.2, -0.15) is 0 Å². The Hall–Kier alpha value is -2.59. The molecule has 0 unspecified atom stereocenters. The molecule has 3 rings (SSSR count). The summed E-state index contributed by atoms with van der Waals surface area (Å²) in [7, 11) is 4.19. The maximum absolute atomic E-state index is 9.74. The number of nitrogens with zero attached hydrogens (tertiary/aromatic N) is 3. The number of aromatic hydroxyl groups is 1. The van der Waals surface area contributed by atoms with Gasteiger partial charge in [0.2, 0.25) is 0 Å². The third-order valence-electron chi connectivity index (χ3n) is 4.24. The monoisotopic (exact) mass is 321 g/mol. The fourth-order valence-electron chi connectivity index (χ4n) is 2.99. The molecule has 24 heavy (non-hydrogen) atoms. The molecule has 1 N–H and O–H groups in total. The zero-order valence-electron chi connectivity index (χ0n) is 14.3. The predicted molar refractivity (Wildman–Crippen MR) is 96.9 cm³/mol. The van der Waals surface area contributed by atoms with Gasteiger partial charge in [-0.15, -0.1) is 0 Å². The number of rotatable bonds is 5. The number of hydrogen-bond acceptors (Lipinski definition) is 3. The molecule has 1 aromatic heterocycles. The van der Waals surface area contributed by atoms with Crippen LogP contribution in [-0.2, 0) is 6.54 Å². The molecule has 124 valence electrons. The van der Waals surface area contributed by atoms with Crippen LogP contribution in [0.5, 0.6) is 5.75 Å². The molecule has 4 heteroatoms. The van der Waals surface area contributed by atoms with Gasteiger partial charge in [0.05, 0.1) is 6.04 Å². The van der Waals surface area contributed by atoms with Crippen molar-refractivity contribution in [1.82, 2.24) is 14.5 Å². The molecule has 0 aliphatic heterocycles. The van der Waals surface area contributed by atoms with Gasteiger partial charge in [0.15, 0.2) is 0 Å². The molecule has 2 aromatic carbocycles. The van der Waals surface area contributed by atoms with Crippen molar-refractivity contribution in [2.24, 2.45) is 0 Å². The lowest BCUT2D eigenvalue weighted by Gasteiger charge is -2.26. The summed E-state index contributed by atoms with van der Waals surface area (Å²) in [4.78, 5) is 6.71. The van der Waals surface area contributed by atoms with E-state index >= 15 is 0 Å². The van der Waals surface area contributed by atoms with Crippen molar-refractivity contribution in [2.75, 3.05) is 14.1 Å². The number of phenolic OH excluding ortho intramolecular Hbond substituents is 1. The highest BCUT2D eigenvalue weighted by atomic mass is 16.3. The SMILES string of the molecule is Cc1cccc([C@H](Cn2ccnc2-c2cccc(O)c2)N(C)C)c1. The van der Waals surface area contributed by atoms with Crippen LogP contribution in [-0.4, -0.2) is 33.7 Å². The summed E-state index contributed by atoms with van der Waals surface area (Å²) in [6.45, 7) is 2.91. The smallest absolute Gasteiger partial charge is 0.140 e. The second-order valence-electron chi connectivity index (χ2n) is 6.35. The van der Waals surface area contributed by atoms with Gasteiger partial charge < -0.3 is 14.6 Å². The Bertz CT molecular complexity index is 823. The number of benzene rings is 2. The van der Waals surface area contributed by atoms with Gasteiger partial charge in [-0.1, -0.05) is 42.0 Å². The first-order chi connectivity index (χ1) is 11.5. The van der Waals surface area contributed by atoms with E-state index in [4.69, 9.17) is 0 Å². The van der Waals surface area contributed by atoms with Gasteiger partial charge >= 0.3 is 0 Å². The number of likely N-dealkylation sites (N-methyl/N-ethyl adjacent to an activating group) is 1. The van der Waals surface area contributed by atoms with E-state index in [1.807, 2.05) is 24.5 Å². The van der Waals surface area contributed by atoms with Crippen LogP contribution in [0.1, 0.15) is 17.2 Å². The quantitative estimate of drug-likeness (QED) is 0.775. The van der Waals surface area contributed by atoms with E-state index in [1.54, 1.807) is 12.1 Å². The lowest BCUT2D eigenvalue weighted by atomic mass is 10.0. The molecule has 0 amide bonds. The van der Waals surface area contributed by atoms with E-state index < -0.39 is 0 Å². The molecule has 4 nitrogen and oxygen atoms in total. The van der Waals surface area contributed by atoms with Gasteiger partial charge in [-0.3, -0.25) is 0 Å². The molecular weight excluding hydrogens is 298 g/mol. The predicted octanol–water partition coefficient (Wildman–Crippen LogP) is 3.87. The van der Waals surface area contributed by atoms with Crippen LogP contribution in [0, 0.1) is 6.92 Å². The molecule has 1 heterocycles. The minimum absolute atomic E-state index is 0.246. The number of imidazole rings is 1. The molecule has 0 spiro atoms. The summed E-state index contributed by atoms with van der Waals surface area (Å²) in [5, 5.41) is 9.74. The van der Waals surface area contributed by atoms with Crippen molar-refractivity contribution in [1.29, 1.82) is 0 Å². The van der Waals surface area contributed by atoms with Crippen molar-refractivity contribution in [3.05, 3.63) is 72.1 Å². The summed E-state index contributed by atoms with van der Waals surface area (Å²) in [6.07, 6.45) is 3.80. The molecule has 0 saturated carbocycles. The topological polar surface area (TPSA) is 41.3 Å². The number of aryl methyl sites for hydroxylation is 1. The van der Waals surface area contributed by atoms with Crippen LogP contribution in [0.25, 0.3) is 11.4 Å². The highest BCUT2D eigenvalue weighted by Crippen LogP contribution is 2.26. The van der Waals surface area contributed by atoms with Gasteiger partial charge in [0, 0.05) is 24.5 Å². The summed E-state index contributed by atoms with van der Waals surface area (Å²) in [5.41, 5.74) is 3.47. The third kappa shape index (κ3) is 3.49.